The van der Waals surface area contributed by atoms with Crippen LogP contribution >= 0.6 is 11.3 Å². The predicted octanol–water partition coefficient (Wildman–Crippen LogP) is 6.03. The van der Waals surface area contributed by atoms with Crippen LogP contribution in [0.25, 0.3) is 10.2 Å². The molecule has 2 heterocycles. The van der Waals surface area contributed by atoms with Gasteiger partial charge in [-0.2, -0.15) is 0 Å². The minimum absolute atomic E-state index is 0.00865. The number of fused-ring (bicyclic) bond motifs is 2. The second-order valence-corrected chi connectivity index (χ2v) is 9.38. The van der Waals surface area contributed by atoms with Crippen molar-refractivity contribution in [2.24, 2.45) is 0 Å². The van der Waals surface area contributed by atoms with Gasteiger partial charge in [-0.15, -0.1) is 0 Å². The number of aryl methyl sites for hydroxylation is 4. The van der Waals surface area contributed by atoms with E-state index >= 15 is 0 Å². The Hall–Kier alpha value is -3.05. The highest BCUT2D eigenvalue weighted by molar-refractivity contribution is 7.22. The van der Waals surface area contributed by atoms with E-state index in [-0.39, 0.29) is 5.91 Å². The van der Waals surface area contributed by atoms with Crippen LogP contribution < -0.4 is 4.90 Å². The van der Waals surface area contributed by atoms with Gasteiger partial charge in [0.2, 0.25) is 0 Å². The molecule has 2 aromatic heterocycles. The first-order chi connectivity index (χ1) is 15.1. The molecular weight excluding hydrogens is 402 g/mol. The molecule has 1 aliphatic carbocycles. The second-order valence-electron chi connectivity index (χ2n) is 8.37. The Balaban J connectivity index is 1.57. The molecule has 4 nitrogen and oxygen atoms in total. The summed E-state index contributed by atoms with van der Waals surface area (Å²) in [5.74, 6) is -0.00865. The number of aromatic nitrogens is 2. The standard InChI is InChI=1S/C26H25N3OS/c1-17-12-18(2)24-23(13-17)31-26(28-24)29(16-19-6-5-11-27-15-19)25(30)22-10-9-20-7-3-4-8-21(20)14-22/h5-6,9-15H,3-4,7-8,16H2,1-2H3. The maximum Gasteiger partial charge on any atom is 0.260 e. The molecule has 0 spiro atoms. The molecule has 0 radical (unpaired) electrons. The fourth-order valence-corrected chi connectivity index (χ4v) is 5.54. The van der Waals surface area contributed by atoms with Crippen molar-refractivity contribution in [1.29, 1.82) is 0 Å². The monoisotopic (exact) mass is 427 g/mol. The van der Waals surface area contributed by atoms with E-state index in [1.54, 1.807) is 22.4 Å². The van der Waals surface area contributed by atoms with E-state index in [4.69, 9.17) is 4.98 Å². The number of benzene rings is 2. The van der Waals surface area contributed by atoms with Crippen molar-refractivity contribution >= 4 is 32.6 Å². The van der Waals surface area contributed by atoms with Gasteiger partial charge in [-0.1, -0.05) is 29.5 Å². The van der Waals surface area contributed by atoms with Gasteiger partial charge in [-0.05, 0) is 91.6 Å². The lowest BCUT2D eigenvalue weighted by molar-refractivity contribution is 0.0985. The summed E-state index contributed by atoms with van der Waals surface area (Å²) in [4.78, 5) is 24.7. The van der Waals surface area contributed by atoms with Crippen molar-refractivity contribution in [3.63, 3.8) is 0 Å². The molecule has 31 heavy (non-hydrogen) atoms. The van der Waals surface area contributed by atoms with Gasteiger partial charge in [0, 0.05) is 18.0 Å². The topological polar surface area (TPSA) is 46.1 Å². The summed E-state index contributed by atoms with van der Waals surface area (Å²) >= 11 is 1.58. The van der Waals surface area contributed by atoms with Crippen LogP contribution in [0.2, 0.25) is 0 Å². The molecule has 5 heteroatoms. The highest BCUT2D eigenvalue weighted by Crippen LogP contribution is 2.33. The number of carbonyl (C=O) groups is 1. The smallest absolute Gasteiger partial charge is 0.260 e. The predicted molar refractivity (Wildman–Crippen MR) is 127 cm³/mol. The van der Waals surface area contributed by atoms with Crippen molar-refractivity contribution < 1.29 is 4.79 Å². The van der Waals surface area contributed by atoms with Crippen molar-refractivity contribution in [2.75, 3.05) is 4.90 Å². The lowest BCUT2D eigenvalue weighted by Gasteiger charge is -2.22. The van der Waals surface area contributed by atoms with E-state index in [0.717, 1.165) is 44.9 Å². The molecule has 0 saturated heterocycles. The number of hydrogen-bond donors (Lipinski definition) is 0. The maximum atomic E-state index is 13.7. The molecule has 156 valence electrons. The molecule has 5 rings (SSSR count). The Morgan fingerprint density at radius 2 is 1.90 bits per heavy atom. The van der Waals surface area contributed by atoms with E-state index in [1.165, 1.54) is 29.5 Å². The molecule has 0 fully saturated rings. The Bertz CT molecular complexity index is 1260. The molecule has 2 aromatic carbocycles. The summed E-state index contributed by atoms with van der Waals surface area (Å²) in [6, 6.07) is 14.4. The lowest BCUT2D eigenvalue weighted by atomic mass is 9.90. The van der Waals surface area contributed by atoms with Gasteiger partial charge in [-0.25, -0.2) is 4.98 Å². The minimum atomic E-state index is -0.00865. The number of rotatable bonds is 4. The molecule has 0 unspecified atom stereocenters. The van der Waals surface area contributed by atoms with Crippen LogP contribution in [0.3, 0.4) is 0 Å². The van der Waals surface area contributed by atoms with Crippen LogP contribution in [0.4, 0.5) is 5.13 Å². The largest absolute Gasteiger partial charge is 0.279 e. The molecule has 0 atom stereocenters. The zero-order valence-electron chi connectivity index (χ0n) is 17.9. The van der Waals surface area contributed by atoms with Gasteiger partial charge in [0.15, 0.2) is 5.13 Å². The molecular formula is C26H25N3OS. The van der Waals surface area contributed by atoms with E-state index in [1.807, 2.05) is 24.4 Å². The Labute approximate surface area is 186 Å². The zero-order chi connectivity index (χ0) is 21.4. The third kappa shape index (κ3) is 3.98. The normalized spacial score (nSPS) is 13.2. The average Bonchev–Trinajstić information content (AvgIpc) is 3.21. The number of amides is 1. The first-order valence-corrected chi connectivity index (χ1v) is 11.6. The second kappa shape index (κ2) is 8.23. The molecule has 0 aliphatic heterocycles. The van der Waals surface area contributed by atoms with Crippen LogP contribution in [0.1, 0.15) is 51.0 Å². The van der Waals surface area contributed by atoms with Crippen LogP contribution in [-0.4, -0.2) is 15.9 Å². The number of carbonyl (C=O) groups excluding carboxylic acids is 1. The van der Waals surface area contributed by atoms with E-state index in [0.29, 0.717) is 6.54 Å². The Kier molecular flexibility index (Phi) is 5.28. The number of hydrogen-bond acceptors (Lipinski definition) is 4. The first-order valence-electron chi connectivity index (χ1n) is 10.8. The maximum absolute atomic E-state index is 13.7. The molecule has 1 aliphatic rings. The summed E-state index contributed by atoms with van der Waals surface area (Å²) in [6.07, 6.45) is 8.16. The number of pyridine rings is 1. The van der Waals surface area contributed by atoms with Crippen LogP contribution in [-0.2, 0) is 19.4 Å². The molecule has 4 aromatic rings. The first kappa shape index (κ1) is 19.9. The van der Waals surface area contributed by atoms with Crippen molar-refractivity contribution in [3.8, 4) is 0 Å². The Morgan fingerprint density at radius 3 is 2.71 bits per heavy atom. The van der Waals surface area contributed by atoms with Gasteiger partial charge in [0.1, 0.15) is 0 Å². The molecule has 0 bridgehead atoms. The highest BCUT2D eigenvalue weighted by Gasteiger charge is 2.23. The van der Waals surface area contributed by atoms with Crippen LogP contribution in [0.5, 0.6) is 0 Å². The summed E-state index contributed by atoms with van der Waals surface area (Å²) in [6.45, 7) is 4.62. The van der Waals surface area contributed by atoms with Gasteiger partial charge in [0.25, 0.3) is 5.91 Å². The third-order valence-corrected chi connectivity index (χ3v) is 6.98. The summed E-state index contributed by atoms with van der Waals surface area (Å²) in [7, 11) is 0. The molecule has 0 saturated carbocycles. The summed E-state index contributed by atoms with van der Waals surface area (Å²) in [5.41, 5.74) is 7.74. The fraction of sp³-hybridized carbons (Fsp3) is 0.269. The van der Waals surface area contributed by atoms with Gasteiger partial charge in [-0.3, -0.25) is 14.7 Å². The van der Waals surface area contributed by atoms with E-state index in [2.05, 4.69) is 43.1 Å². The minimum Gasteiger partial charge on any atom is -0.279 e. The van der Waals surface area contributed by atoms with Crippen molar-refractivity contribution in [3.05, 3.63) is 88.2 Å². The van der Waals surface area contributed by atoms with Crippen LogP contribution in [0.15, 0.2) is 54.9 Å². The summed E-state index contributed by atoms with van der Waals surface area (Å²) in [5, 5.41) is 0.732. The Morgan fingerprint density at radius 1 is 1.06 bits per heavy atom. The summed E-state index contributed by atoms with van der Waals surface area (Å²) < 4.78 is 1.11. The molecule has 1 amide bonds. The van der Waals surface area contributed by atoms with Crippen molar-refractivity contribution in [1.82, 2.24) is 9.97 Å². The number of thiazole rings is 1. The SMILES string of the molecule is Cc1cc(C)c2nc(N(Cc3cccnc3)C(=O)c3ccc4c(c3)CCCC4)sc2c1. The number of nitrogens with zero attached hydrogens (tertiary/aromatic N) is 3. The van der Waals surface area contributed by atoms with Crippen molar-refractivity contribution in [2.45, 2.75) is 46.1 Å². The zero-order valence-corrected chi connectivity index (χ0v) is 18.7. The van der Waals surface area contributed by atoms with Gasteiger partial charge >= 0.3 is 0 Å². The molecule has 0 N–H and O–H groups in total. The lowest BCUT2D eigenvalue weighted by Crippen LogP contribution is -2.30. The number of anilines is 1. The van der Waals surface area contributed by atoms with Gasteiger partial charge < -0.3 is 0 Å². The fourth-order valence-electron chi connectivity index (χ4n) is 4.40. The average molecular weight is 428 g/mol. The van der Waals surface area contributed by atoms with Crippen LogP contribution in [0, 0.1) is 13.8 Å². The highest BCUT2D eigenvalue weighted by atomic mass is 32.1. The van der Waals surface area contributed by atoms with Gasteiger partial charge in [0.05, 0.1) is 16.8 Å². The third-order valence-electron chi connectivity index (χ3n) is 5.95. The van der Waals surface area contributed by atoms with E-state index < -0.39 is 0 Å². The quantitative estimate of drug-likeness (QED) is 0.399. The van der Waals surface area contributed by atoms with E-state index in [9.17, 15) is 4.79 Å².